The van der Waals surface area contributed by atoms with Gasteiger partial charge in [-0.05, 0) is 26.7 Å². The molecular formula is C12H24N2O2S. The van der Waals surface area contributed by atoms with Crippen LogP contribution in [0.3, 0.4) is 0 Å². The van der Waals surface area contributed by atoms with Gasteiger partial charge in [-0.1, -0.05) is 13.3 Å². The van der Waals surface area contributed by atoms with Crippen LogP contribution in [0.5, 0.6) is 0 Å². The zero-order valence-corrected chi connectivity index (χ0v) is 12.0. The predicted molar refractivity (Wildman–Crippen MR) is 71.2 cm³/mol. The molecule has 1 N–H and O–H groups in total. The lowest BCUT2D eigenvalue weighted by atomic mass is 10.1. The second-order valence-electron chi connectivity index (χ2n) is 4.84. The van der Waals surface area contributed by atoms with E-state index in [1.165, 1.54) is 0 Å². The minimum absolute atomic E-state index is 0.0235. The third-order valence-electron chi connectivity index (χ3n) is 3.29. The topological polar surface area (TPSA) is 49.4 Å². The molecule has 1 amide bonds. The van der Waals surface area contributed by atoms with E-state index in [9.17, 15) is 9.00 Å². The van der Waals surface area contributed by atoms with E-state index in [1.807, 2.05) is 18.7 Å². The van der Waals surface area contributed by atoms with Crippen molar-refractivity contribution in [1.29, 1.82) is 0 Å². The number of rotatable bonds is 6. The van der Waals surface area contributed by atoms with Crippen LogP contribution in [0.25, 0.3) is 0 Å². The molecule has 4 atom stereocenters. The van der Waals surface area contributed by atoms with E-state index < -0.39 is 10.8 Å². The summed E-state index contributed by atoms with van der Waals surface area (Å²) < 4.78 is 11.1. The number of carbonyl (C=O) groups excluding carboxylic acids is 1. The summed E-state index contributed by atoms with van der Waals surface area (Å²) in [5, 5.41) is 3.32. The Morgan fingerprint density at radius 2 is 2.18 bits per heavy atom. The Morgan fingerprint density at radius 1 is 1.53 bits per heavy atom. The number of nitrogens with one attached hydrogen (secondary N) is 1. The Bertz CT molecular complexity index is 296. The minimum Gasteiger partial charge on any atom is -0.323 e. The Morgan fingerprint density at radius 3 is 2.71 bits per heavy atom. The first kappa shape index (κ1) is 14.6. The number of hydrogen-bond donors (Lipinski definition) is 1. The lowest BCUT2D eigenvalue weighted by molar-refractivity contribution is -0.131. The molecule has 0 bridgehead atoms. The SMILES string of the molecule is CCCC1NC(C)N(C(C)CCS(C)=O)C1=O. The number of carbonyl (C=O) groups is 1. The summed E-state index contributed by atoms with van der Waals surface area (Å²) in [6.45, 7) is 6.15. The number of hydrogen-bond acceptors (Lipinski definition) is 3. The van der Waals surface area contributed by atoms with Crippen LogP contribution in [-0.2, 0) is 15.6 Å². The second-order valence-corrected chi connectivity index (χ2v) is 6.40. The lowest BCUT2D eigenvalue weighted by Gasteiger charge is -2.28. The highest BCUT2D eigenvalue weighted by Crippen LogP contribution is 2.19. The predicted octanol–water partition coefficient (Wildman–Crippen LogP) is 1.09. The van der Waals surface area contributed by atoms with Gasteiger partial charge in [-0.25, -0.2) is 0 Å². The molecule has 0 aromatic rings. The first-order valence-electron chi connectivity index (χ1n) is 6.35. The fourth-order valence-corrected chi connectivity index (χ4v) is 3.06. The molecule has 0 saturated carbocycles. The lowest BCUT2D eigenvalue weighted by Crippen LogP contribution is -2.42. The van der Waals surface area contributed by atoms with Gasteiger partial charge < -0.3 is 4.90 Å². The van der Waals surface area contributed by atoms with Crippen molar-refractivity contribution in [3.8, 4) is 0 Å². The van der Waals surface area contributed by atoms with Gasteiger partial charge in [0.15, 0.2) is 0 Å². The molecule has 1 aliphatic rings. The summed E-state index contributed by atoms with van der Waals surface area (Å²) in [6, 6.07) is 0.139. The zero-order chi connectivity index (χ0) is 13.0. The first-order chi connectivity index (χ1) is 7.97. The maximum Gasteiger partial charge on any atom is 0.241 e. The molecule has 1 saturated heterocycles. The molecule has 1 rings (SSSR count). The molecule has 0 radical (unpaired) electrons. The fraction of sp³-hybridized carbons (Fsp3) is 0.917. The Labute approximate surface area is 107 Å². The van der Waals surface area contributed by atoms with Gasteiger partial charge in [0, 0.05) is 28.9 Å². The van der Waals surface area contributed by atoms with Crippen molar-refractivity contribution in [3.63, 3.8) is 0 Å². The van der Waals surface area contributed by atoms with E-state index in [1.54, 1.807) is 6.26 Å². The van der Waals surface area contributed by atoms with E-state index in [0.29, 0.717) is 5.75 Å². The highest BCUT2D eigenvalue weighted by atomic mass is 32.2. The highest BCUT2D eigenvalue weighted by molar-refractivity contribution is 7.84. The van der Waals surface area contributed by atoms with Crippen LogP contribution in [0.2, 0.25) is 0 Å². The van der Waals surface area contributed by atoms with E-state index in [4.69, 9.17) is 0 Å². The van der Waals surface area contributed by atoms with E-state index in [2.05, 4.69) is 12.2 Å². The highest BCUT2D eigenvalue weighted by Gasteiger charge is 2.37. The molecule has 0 aromatic heterocycles. The summed E-state index contributed by atoms with van der Waals surface area (Å²) in [5.74, 6) is 0.865. The van der Waals surface area contributed by atoms with E-state index in [-0.39, 0.29) is 24.2 Å². The summed E-state index contributed by atoms with van der Waals surface area (Å²) >= 11 is 0. The van der Waals surface area contributed by atoms with Crippen LogP contribution < -0.4 is 5.32 Å². The molecule has 4 unspecified atom stereocenters. The zero-order valence-electron chi connectivity index (χ0n) is 11.2. The Balaban J connectivity index is 2.57. The van der Waals surface area contributed by atoms with E-state index in [0.717, 1.165) is 19.3 Å². The maximum absolute atomic E-state index is 12.2. The molecule has 0 spiro atoms. The van der Waals surface area contributed by atoms with Crippen molar-refractivity contribution in [1.82, 2.24) is 10.2 Å². The first-order valence-corrected chi connectivity index (χ1v) is 8.08. The second kappa shape index (κ2) is 6.50. The van der Waals surface area contributed by atoms with E-state index >= 15 is 0 Å². The minimum atomic E-state index is -0.779. The number of nitrogens with zero attached hydrogens (tertiary/aromatic N) is 1. The van der Waals surface area contributed by atoms with Crippen LogP contribution in [-0.4, -0.2) is 45.3 Å². The van der Waals surface area contributed by atoms with Crippen LogP contribution in [0.15, 0.2) is 0 Å². The monoisotopic (exact) mass is 260 g/mol. The Hall–Kier alpha value is -0.420. The van der Waals surface area contributed by atoms with Crippen LogP contribution in [0.4, 0.5) is 0 Å². The molecule has 17 heavy (non-hydrogen) atoms. The van der Waals surface area contributed by atoms with Gasteiger partial charge in [0.25, 0.3) is 0 Å². The van der Waals surface area contributed by atoms with Crippen molar-refractivity contribution in [2.75, 3.05) is 12.0 Å². The molecule has 1 fully saturated rings. The van der Waals surface area contributed by atoms with Crippen LogP contribution in [0, 0.1) is 0 Å². The van der Waals surface area contributed by atoms with Crippen molar-refractivity contribution < 1.29 is 9.00 Å². The molecule has 4 nitrogen and oxygen atoms in total. The van der Waals surface area contributed by atoms with Gasteiger partial charge in [-0.2, -0.15) is 0 Å². The molecule has 100 valence electrons. The molecule has 1 aliphatic heterocycles. The molecule has 0 aromatic carbocycles. The summed E-state index contributed by atoms with van der Waals surface area (Å²) in [4.78, 5) is 14.1. The van der Waals surface area contributed by atoms with Gasteiger partial charge in [0.2, 0.25) is 5.91 Å². The summed E-state index contributed by atoms with van der Waals surface area (Å²) in [5.41, 5.74) is 0. The number of amides is 1. The maximum atomic E-state index is 12.2. The summed E-state index contributed by atoms with van der Waals surface area (Å²) in [7, 11) is -0.779. The normalized spacial score (nSPS) is 28.5. The largest absolute Gasteiger partial charge is 0.323 e. The van der Waals surface area contributed by atoms with Crippen molar-refractivity contribution in [2.24, 2.45) is 0 Å². The molecule has 1 heterocycles. The molecule has 0 aliphatic carbocycles. The average molecular weight is 260 g/mol. The van der Waals surface area contributed by atoms with Crippen LogP contribution >= 0.6 is 0 Å². The van der Waals surface area contributed by atoms with Gasteiger partial charge >= 0.3 is 0 Å². The van der Waals surface area contributed by atoms with Gasteiger partial charge in [0.1, 0.15) is 0 Å². The fourth-order valence-electron chi connectivity index (χ4n) is 2.38. The Kier molecular flexibility index (Phi) is 5.59. The molecule has 5 heteroatoms. The summed E-state index contributed by atoms with van der Waals surface area (Å²) in [6.07, 6.45) is 4.52. The third-order valence-corrected chi connectivity index (χ3v) is 4.10. The van der Waals surface area contributed by atoms with Gasteiger partial charge in [0.05, 0.1) is 12.2 Å². The van der Waals surface area contributed by atoms with Crippen molar-refractivity contribution in [3.05, 3.63) is 0 Å². The third kappa shape index (κ3) is 3.78. The average Bonchev–Trinajstić information content (AvgIpc) is 2.52. The van der Waals surface area contributed by atoms with Crippen LogP contribution in [0.1, 0.15) is 40.0 Å². The quantitative estimate of drug-likeness (QED) is 0.778. The van der Waals surface area contributed by atoms with Crippen molar-refractivity contribution >= 4 is 16.7 Å². The van der Waals surface area contributed by atoms with Crippen molar-refractivity contribution in [2.45, 2.75) is 58.3 Å². The standard InChI is InChI=1S/C12H24N2O2S/c1-5-6-11-12(15)14(10(3)13-11)9(2)7-8-17(4)16/h9-11,13H,5-8H2,1-4H3. The smallest absolute Gasteiger partial charge is 0.241 e. The van der Waals surface area contributed by atoms with Gasteiger partial charge in [-0.3, -0.25) is 14.3 Å². The van der Waals surface area contributed by atoms with Gasteiger partial charge in [-0.15, -0.1) is 0 Å². The molecular weight excluding hydrogens is 236 g/mol.